The fourth-order valence-corrected chi connectivity index (χ4v) is 1.03. The molecule has 12 heavy (non-hydrogen) atoms. The molecule has 0 aliphatic heterocycles. The maximum atomic E-state index is 12.4. The van der Waals surface area contributed by atoms with Crippen LogP contribution in [0.2, 0.25) is 0 Å². The van der Waals surface area contributed by atoms with Gasteiger partial charge in [-0.1, -0.05) is 23.8 Å². The minimum Gasteiger partial charge on any atom is -0.170 e. The normalized spacial score (nSPS) is 30.2. The molecule has 0 bridgehead atoms. The van der Waals surface area contributed by atoms with Gasteiger partial charge >= 0.3 is 6.18 Å². The van der Waals surface area contributed by atoms with Crippen molar-refractivity contribution < 1.29 is 13.2 Å². The summed E-state index contributed by atoms with van der Waals surface area (Å²) in [5.41, 5.74) is -0.760. The molecule has 0 saturated carbocycles. The van der Waals surface area contributed by atoms with Crippen LogP contribution in [-0.2, 0) is 0 Å². The fourth-order valence-electron chi connectivity index (χ4n) is 1.03. The van der Waals surface area contributed by atoms with E-state index in [1.54, 1.807) is 13.0 Å². The molecule has 0 aromatic heterocycles. The van der Waals surface area contributed by atoms with Crippen LogP contribution in [0.15, 0.2) is 23.8 Å². The Bertz CT molecular complexity index is 235. The van der Waals surface area contributed by atoms with Gasteiger partial charge in [0.2, 0.25) is 0 Å². The lowest BCUT2D eigenvalue weighted by Gasteiger charge is -2.29. The highest BCUT2D eigenvalue weighted by Crippen LogP contribution is 2.44. The Labute approximate surface area is 69.8 Å². The molecule has 0 aromatic carbocycles. The average Bonchev–Trinajstić information content (AvgIpc) is 1.93. The standard InChI is InChI=1S/C9H11F3/c1-7-3-5-8(2,6-4-7)9(10,11)12/h3-5H,6H2,1-2H3/t8-/m0/s1. The first-order chi connectivity index (χ1) is 5.35. The minimum absolute atomic E-state index is 0.0544. The molecule has 0 saturated heterocycles. The number of hydrogen-bond acceptors (Lipinski definition) is 0. The van der Waals surface area contributed by atoms with Gasteiger partial charge in [0.25, 0.3) is 0 Å². The summed E-state index contributed by atoms with van der Waals surface area (Å²) in [4.78, 5) is 0. The minimum atomic E-state index is -4.14. The molecule has 0 unspecified atom stereocenters. The smallest absolute Gasteiger partial charge is 0.170 e. The summed E-state index contributed by atoms with van der Waals surface area (Å²) in [6.45, 7) is 3.01. The highest BCUT2D eigenvalue weighted by atomic mass is 19.4. The van der Waals surface area contributed by atoms with Gasteiger partial charge in [-0.2, -0.15) is 13.2 Å². The van der Waals surface area contributed by atoms with Crippen molar-refractivity contribution in [2.24, 2.45) is 5.41 Å². The SMILES string of the molecule is CC1=CC[C@@](C)(C(F)(F)F)C=C1. The lowest BCUT2D eigenvalue weighted by atomic mass is 9.81. The number of rotatable bonds is 0. The fraction of sp³-hybridized carbons (Fsp3) is 0.556. The van der Waals surface area contributed by atoms with E-state index in [2.05, 4.69) is 0 Å². The first-order valence-corrected chi connectivity index (χ1v) is 3.78. The third kappa shape index (κ3) is 1.54. The maximum absolute atomic E-state index is 12.4. The van der Waals surface area contributed by atoms with Gasteiger partial charge in [-0.05, 0) is 20.3 Å². The van der Waals surface area contributed by atoms with Crippen molar-refractivity contribution in [1.29, 1.82) is 0 Å². The molecule has 0 nitrogen and oxygen atoms in total. The van der Waals surface area contributed by atoms with Gasteiger partial charge in [0.15, 0.2) is 0 Å². The van der Waals surface area contributed by atoms with Gasteiger partial charge < -0.3 is 0 Å². The zero-order valence-electron chi connectivity index (χ0n) is 7.07. The highest BCUT2D eigenvalue weighted by molar-refractivity contribution is 5.25. The Hall–Kier alpha value is -0.730. The molecular weight excluding hydrogens is 165 g/mol. The summed E-state index contributed by atoms with van der Waals surface area (Å²) in [7, 11) is 0. The van der Waals surface area contributed by atoms with E-state index in [0.29, 0.717) is 0 Å². The number of allylic oxidation sites excluding steroid dienone is 4. The third-order valence-corrected chi connectivity index (χ3v) is 2.21. The molecule has 0 N–H and O–H groups in total. The van der Waals surface area contributed by atoms with Crippen molar-refractivity contribution in [3.8, 4) is 0 Å². The summed E-state index contributed by atoms with van der Waals surface area (Å²) in [6.07, 6.45) is 0.298. The lowest BCUT2D eigenvalue weighted by molar-refractivity contribution is -0.199. The van der Waals surface area contributed by atoms with E-state index in [1.807, 2.05) is 0 Å². The molecule has 0 spiro atoms. The van der Waals surface area contributed by atoms with Crippen molar-refractivity contribution in [3.63, 3.8) is 0 Å². The van der Waals surface area contributed by atoms with Gasteiger partial charge in [-0.25, -0.2) is 0 Å². The van der Waals surface area contributed by atoms with Crippen molar-refractivity contribution in [2.75, 3.05) is 0 Å². The van der Waals surface area contributed by atoms with E-state index < -0.39 is 11.6 Å². The van der Waals surface area contributed by atoms with Crippen LogP contribution < -0.4 is 0 Å². The first-order valence-electron chi connectivity index (χ1n) is 3.78. The number of alkyl halides is 3. The van der Waals surface area contributed by atoms with Crippen LogP contribution >= 0.6 is 0 Å². The predicted octanol–water partition coefficient (Wildman–Crippen LogP) is 3.46. The summed E-state index contributed by atoms with van der Waals surface area (Å²) < 4.78 is 37.1. The molecule has 1 rings (SSSR count). The second kappa shape index (κ2) is 2.64. The largest absolute Gasteiger partial charge is 0.397 e. The lowest BCUT2D eigenvalue weighted by Crippen LogP contribution is -2.33. The van der Waals surface area contributed by atoms with Crippen molar-refractivity contribution in [2.45, 2.75) is 26.4 Å². The molecule has 68 valence electrons. The summed E-state index contributed by atoms with van der Waals surface area (Å²) >= 11 is 0. The van der Waals surface area contributed by atoms with E-state index in [1.165, 1.54) is 19.1 Å². The van der Waals surface area contributed by atoms with Crippen LogP contribution in [0.25, 0.3) is 0 Å². The van der Waals surface area contributed by atoms with Crippen molar-refractivity contribution in [3.05, 3.63) is 23.8 Å². The maximum Gasteiger partial charge on any atom is 0.397 e. The van der Waals surface area contributed by atoms with Crippen LogP contribution in [0.3, 0.4) is 0 Å². The van der Waals surface area contributed by atoms with E-state index in [4.69, 9.17) is 0 Å². The number of halogens is 3. The van der Waals surface area contributed by atoms with Crippen LogP contribution in [0.1, 0.15) is 20.3 Å². The van der Waals surface area contributed by atoms with E-state index >= 15 is 0 Å². The Morgan fingerprint density at radius 2 is 2.00 bits per heavy atom. The molecule has 1 atom stereocenters. The molecular formula is C9H11F3. The Morgan fingerprint density at radius 1 is 1.42 bits per heavy atom. The molecule has 3 heteroatoms. The van der Waals surface area contributed by atoms with E-state index in [9.17, 15) is 13.2 Å². The van der Waals surface area contributed by atoms with Gasteiger partial charge in [0.1, 0.15) is 0 Å². The van der Waals surface area contributed by atoms with Crippen LogP contribution in [-0.4, -0.2) is 6.18 Å². The third-order valence-electron chi connectivity index (χ3n) is 2.21. The molecule has 1 aliphatic carbocycles. The summed E-state index contributed by atoms with van der Waals surface area (Å²) in [5.74, 6) is 0. The topological polar surface area (TPSA) is 0 Å². The Balaban J connectivity index is 2.86. The quantitative estimate of drug-likeness (QED) is 0.530. The van der Waals surface area contributed by atoms with Gasteiger partial charge in [-0.15, -0.1) is 0 Å². The first kappa shape index (κ1) is 9.36. The molecule has 0 heterocycles. The summed E-state index contributed by atoms with van der Waals surface area (Å²) in [6, 6.07) is 0. The second-order valence-electron chi connectivity index (χ2n) is 3.40. The van der Waals surface area contributed by atoms with Crippen LogP contribution in [0.5, 0.6) is 0 Å². The number of hydrogen-bond donors (Lipinski definition) is 0. The second-order valence-corrected chi connectivity index (χ2v) is 3.40. The predicted molar refractivity (Wildman–Crippen MR) is 41.7 cm³/mol. The van der Waals surface area contributed by atoms with Crippen molar-refractivity contribution >= 4 is 0 Å². The van der Waals surface area contributed by atoms with Gasteiger partial charge in [0.05, 0.1) is 5.41 Å². The average molecular weight is 176 g/mol. The van der Waals surface area contributed by atoms with E-state index in [0.717, 1.165) is 5.57 Å². The zero-order valence-corrected chi connectivity index (χ0v) is 7.07. The van der Waals surface area contributed by atoms with Gasteiger partial charge in [0, 0.05) is 0 Å². The van der Waals surface area contributed by atoms with Crippen LogP contribution in [0.4, 0.5) is 13.2 Å². The van der Waals surface area contributed by atoms with E-state index in [-0.39, 0.29) is 6.42 Å². The Morgan fingerprint density at radius 3 is 2.33 bits per heavy atom. The highest BCUT2D eigenvalue weighted by Gasteiger charge is 2.48. The molecule has 0 aromatic rings. The monoisotopic (exact) mass is 176 g/mol. The molecule has 0 amide bonds. The molecule has 1 aliphatic rings. The summed E-state index contributed by atoms with van der Waals surface area (Å²) in [5, 5.41) is 0. The molecule has 0 radical (unpaired) electrons. The molecule has 0 fully saturated rings. The Kier molecular flexibility index (Phi) is 2.06. The van der Waals surface area contributed by atoms with Gasteiger partial charge in [-0.3, -0.25) is 0 Å². The zero-order chi connectivity index (χ0) is 9.41. The van der Waals surface area contributed by atoms with Crippen molar-refractivity contribution in [1.82, 2.24) is 0 Å². The van der Waals surface area contributed by atoms with Crippen LogP contribution in [0, 0.1) is 5.41 Å².